The summed E-state index contributed by atoms with van der Waals surface area (Å²) in [5.74, 6) is 0.291. The van der Waals surface area contributed by atoms with E-state index < -0.39 is 0 Å². The first-order chi connectivity index (χ1) is 8.24. The van der Waals surface area contributed by atoms with Crippen molar-refractivity contribution in [2.75, 3.05) is 5.32 Å². The van der Waals surface area contributed by atoms with E-state index in [1.807, 2.05) is 0 Å². The second kappa shape index (κ2) is 5.65. The largest absolute Gasteiger partial charge is 0.290 e. The van der Waals surface area contributed by atoms with Crippen LogP contribution >= 0.6 is 23.4 Å². The van der Waals surface area contributed by atoms with E-state index in [0.717, 1.165) is 16.7 Å². The number of halogens is 1. The lowest BCUT2D eigenvalue weighted by molar-refractivity contribution is 0.269. The molecule has 0 bridgehead atoms. The highest BCUT2D eigenvalue weighted by molar-refractivity contribution is 8.13. The smallest absolute Gasteiger partial charge is 0.285 e. The Bertz CT molecular complexity index is 504. The Balaban J connectivity index is 1.96. The average molecular weight is 266 g/mol. The van der Waals surface area contributed by atoms with E-state index in [0.29, 0.717) is 11.0 Å². The Hall–Kier alpha value is -1.59. The number of rotatable bonds is 2. The monoisotopic (exact) mass is 265 g/mol. The van der Waals surface area contributed by atoms with Crippen LogP contribution in [0.25, 0.3) is 0 Å². The standard InChI is InChI=1S/C11H8ClN3OS/c12-8-2-4-9(5-3-8)17-11(16)15-10-13-6-1-7-14-10/h1-7H,(H,13,14,15,16). The average Bonchev–Trinajstić information content (AvgIpc) is 2.33. The van der Waals surface area contributed by atoms with E-state index in [2.05, 4.69) is 15.3 Å². The summed E-state index contributed by atoms with van der Waals surface area (Å²) in [6.07, 6.45) is 3.13. The summed E-state index contributed by atoms with van der Waals surface area (Å²) in [6, 6.07) is 8.70. The molecule has 6 heteroatoms. The van der Waals surface area contributed by atoms with Gasteiger partial charge in [0.2, 0.25) is 5.95 Å². The van der Waals surface area contributed by atoms with Gasteiger partial charge in [0.25, 0.3) is 5.24 Å². The van der Waals surface area contributed by atoms with Gasteiger partial charge in [0.15, 0.2) is 0 Å². The lowest BCUT2D eigenvalue weighted by Crippen LogP contribution is -2.07. The van der Waals surface area contributed by atoms with Crippen molar-refractivity contribution in [3.63, 3.8) is 0 Å². The molecule has 0 fully saturated rings. The molecule has 1 heterocycles. The van der Waals surface area contributed by atoms with Crippen molar-refractivity contribution >= 4 is 34.6 Å². The second-order valence-corrected chi connectivity index (χ2v) is 4.52. The molecule has 0 saturated heterocycles. The van der Waals surface area contributed by atoms with Crippen molar-refractivity contribution < 1.29 is 4.79 Å². The Morgan fingerprint density at radius 1 is 1.18 bits per heavy atom. The number of nitrogens with one attached hydrogen (secondary N) is 1. The number of carbonyl (C=O) groups is 1. The Morgan fingerprint density at radius 3 is 2.47 bits per heavy atom. The lowest BCUT2D eigenvalue weighted by Gasteiger charge is -2.02. The van der Waals surface area contributed by atoms with Crippen molar-refractivity contribution in [2.24, 2.45) is 0 Å². The minimum Gasteiger partial charge on any atom is -0.285 e. The van der Waals surface area contributed by atoms with E-state index in [-0.39, 0.29) is 5.24 Å². The molecule has 0 atom stereocenters. The van der Waals surface area contributed by atoms with Crippen molar-refractivity contribution in [1.29, 1.82) is 0 Å². The molecule has 2 aromatic rings. The summed E-state index contributed by atoms with van der Waals surface area (Å²) in [7, 11) is 0. The van der Waals surface area contributed by atoms with E-state index in [1.54, 1.807) is 42.7 Å². The van der Waals surface area contributed by atoms with E-state index in [1.165, 1.54) is 0 Å². The summed E-state index contributed by atoms with van der Waals surface area (Å²) < 4.78 is 0. The molecule has 1 N–H and O–H groups in total. The van der Waals surface area contributed by atoms with Crippen LogP contribution in [0.2, 0.25) is 5.02 Å². The summed E-state index contributed by atoms with van der Waals surface area (Å²) in [6.45, 7) is 0. The van der Waals surface area contributed by atoms with Gasteiger partial charge < -0.3 is 0 Å². The highest BCUT2D eigenvalue weighted by Crippen LogP contribution is 2.21. The first-order valence-corrected chi connectivity index (χ1v) is 5.95. The van der Waals surface area contributed by atoms with Crippen LogP contribution in [0.4, 0.5) is 10.7 Å². The van der Waals surface area contributed by atoms with Gasteiger partial charge in [-0.15, -0.1) is 0 Å². The molecule has 2 rings (SSSR count). The molecule has 86 valence electrons. The predicted molar refractivity (Wildman–Crippen MR) is 68.4 cm³/mol. The van der Waals surface area contributed by atoms with Gasteiger partial charge >= 0.3 is 0 Å². The van der Waals surface area contributed by atoms with Gasteiger partial charge in [0.1, 0.15) is 0 Å². The van der Waals surface area contributed by atoms with Gasteiger partial charge in [-0.3, -0.25) is 10.1 Å². The molecule has 1 aromatic heterocycles. The topological polar surface area (TPSA) is 54.9 Å². The lowest BCUT2D eigenvalue weighted by atomic mass is 10.4. The van der Waals surface area contributed by atoms with Crippen LogP contribution in [0.3, 0.4) is 0 Å². The molecule has 0 aliphatic rings. The fourth-order valence-electron chi connectivity index (χ4n) is 1.09. The Morgan fingerprint density at radius 2 is 1.82 bits per heavy atom. The molecule has 0 aliphatic carbocycles. The SMILES string of the molecule is O=C(Nc1ncccn1)Sc1ccc(Cl)cc1. The summed E-state index contributed by atoms with van der Waals surface area (Å²) in [4.78, 5) is 20.2. The number of carbonyl (C=O) groups excluding carboxylic acids is 1. The van der Waals surface area contributed by atoms with Crippen molar-refractivity contribution in [2.45, 2.75) is 4.90 Å². The van der Waals surface area contributed by atoms with Crippen LogP contribution in [-0.2, 0) is 0 Å². The molecule has 0 unspecified atom stereocenters. The zero-order chi connectivity index (χ0) is 12.1. The Kier molecular flexibility index (Phi) is 3.95. The number of hydrogen-bond donors (Lipinski definition) is 1. The third kappa shape index (κ3) is 3.72. The number of aromatic nitrogens is 2. The maximum absolute atomic E-state index is 11.6. The van der Waals surface area contributed by atoms with Crippen LogP contribution in [0.1, 0.15) is 0 Å². The summed E-state index contributed by atoms with van der Waals surface area (Å²) >= 11 is 6.81. The van der Waals surface area contributed by atoms with E-state index >= 15 is 0 Å². The molecule has 17 heavy (non-hydrogen) atoms. The van der Waals surface area contributed by atoms with Gasteiger partial charge in [-0.25, -0.2) is 9.97 Å². The number of anilines is 1. The van der Waals surface area contributed by atoms with Crippen LogP contribution in [0.5, 0.6) is 0 Å². The zero-order valence-corrected chi connectivity index (χ0v) is 10.2. The van der Waals surface area contributed by atoms with E-state index in [9.17, 15) is 4.79 Å². The molecule has 4 nitrogen and oxygen atoms in total. The van der Waals surface area contributed by atoms with Gasteiger partial charge in [-0.1, -0.05) is 11.6 Å². The normalized spacial score (nSPS) is 9.94. The minimum absolute atomic E-state index is 0.237. The van der Waals surface area contributed by atoms with Gasteiger partial charge in [0.05, 0.1) is 0 Å². The van der Waals surface area contributed by atoms with Crippen molar-refractivity contribution in [1.82, 2.24) is 9.97 Å². The minimum atomic E-state index is -0.237. The zero-order valence-electron chi connectivity index (χ0n) is 8.63. The van der Waals surface area contributed by atoms with Gasteiger partial charge in [-0.05, 0) is 42.1 Å². The van der Waals surface area contributed by atoms with Gasteiger partial charge in [-0.2, -0.15) is 0 Å². The first kappa shape index (κ1) is 11.9. The summed E-state index contributed by atoms with van der Waals surface area (Å²) in [5, 5.41) is 2.98. The van der Waals surface area contributed by atoms with Crippen molar-refractivity contribution in [3.05, 3.63) is 47.7 Å². The fraction of sp³-hybridized carbons (Fsp3) is 0. The highest BCUT2D eigenvalue weighted by atomic mass is 35.5. The molecular weight excluding hydrogens is 258 g/mol. The molecular formula is C11H8ClN3OS. The maximum Gasteiger partial charge on any atom is 0.290 e. The van der Waals surface area contributed by atoms with Crippen molar-refractivity contribution in [3.8, 4) is 0 Å². The van der Waals surface area contributed by atoms with Crippen LogP contribution in [-0.4, -0.2) is 15.2 Å². The second-order valence-electron chi connectivity index (χ2n) is 3.04. The summed E-state index contributed by atoms with van der Waals surface area (Å²) in [5.41, 5.74) is 0. The molecule has 0 radical (unpaired) electrons. The molecule has 0 spiro atoms. The van der Waals surface area contributed by atoms with Crippen LogP contribution in [0.15, 0.2) is 47.6 Å². The highest BCUT2D eigenvalue weighted by Gasteiger charge is 2.06. The predicted octanol–water partition coefficient (Wildman–Crippen LogP) is 3.45. The Labute approximate surface area is 107 Å². The number of hydrogen-bond acceptors (Lipinski definition) is 4. The molecule has 0 saturated carbocycles. The quantitative estimate of drug-likeness (QED) is 0.845. The molecule has 0 aliphatic heterocycles. The maximum atomic E-state index is 11.6. The molecule has 1 aromatic carbocycles. The number of benzene rings is 1. The first-order valence-electron chi connectivity index (χ1n) is 4.75. The third-order valence-electron chi connectivity index (χ3n) is 1.80. The number of nitrogens with zero attached hydrogens (tertiary/aromatic N) is 2. The number of thioether (sulfide) groups is 1. The number of amides is 1. The fourth-order valence-corrected chi connectivity index (χ4v) is 1.84. The molecule has 1 amide bonds. The van der Waals surface area contributed by atoms with Crippen LogP contribution < -0.4 is 5.32 Å². The van der Waals surface area contributed by atoms with Gasteiger partial charge in [0, 0.05) is 22.3 Å². The van der Waals surface area contributed by atoms with Crippen LogP contribution in [0, 0.1) is 0 Å². The van der Waals surface area contributed by atoms with E-state index in [4.69, 9.17) is 11.6 Å². The third-order valence-corrected chi connectivity index (χ3v) is 2.85.